The highest BCUT2D eigenvalue weighted by Crippen LogP contribution is 2.22. The van der Waals surface area contributed by atoms with Gasteiger partial charge in [0.25, 0.3) is 0 Å². The summed E-state index contributed by atoms with van der Waals surface area (Å²) < 4.78 is 23.0. The van der Waals surface area contributed by atoms with Gasteiger partial charge >= 0.3 is 0 Å². The Labute approximate surface area is 103 Å². The van der Waals surface area contributed by atoms with Crippen molar-refractivity contribution >= 4 is 41.8 Å². The lowest BCUT2D eigenvalue weighted by Gasteiger charge is -2.08. The van der Waals surface area contributed by atoms with E-state index in [0.717, 1.165) is 6.26 Å². The zero-order valence-corrected chi connectivity index (χ0v) is 11.3. The van der Waals surface area contributed by atoms with Gasteiger partial charge in [0.05, 0.1) is 4.90 Å². The lowest BCUT2D eigenvalue weighted by molar-refractivity contribution is 0.602. The molecule has 4 nitrogen and oxygen atoms in total. The molecule has 0 radical (unpaired) electrons. The molecule has 0 atom stereocenters. The highest BCUT2D eigenvalue weighted by atomic mass is 127. The van der Waals surface area contributed by atoms with Crippen LogP contribution in [0.3, 0.4) is 0 Å². The van der Waals surface area contributed by atoms with Crippen LogP contribution < -0.4 is 5.32 Å². The van der Waals surface area contributed by atoms with E-state index in [2.05, 4.69) is 5.32 Å². The second-order valence-electron chi connectivity index (χ2n) is 3.04. The third-order valence-electron chi connectivity index (χ3n) is 1.92. The van der Waals surface area contributed by atoms with Gasteiger partial charge in [-0.3, -0.25) is 5.41 Å². The smallest absolute Gasteiger partial charge is 0.175 e. The number of rotatable bonds is 3. The molecule has 0 saturated heterocycles. The van der Waals surface area contributed by atoms with Crippen LogP contribution in [-0.4, -0.2) is 25.4 Å². The van der Waals surface area contributed by atoms with Crippen molar-refractivity contribution in [3.05, 3.63) is 23.8 Å². The summed E-state index contributed by atoms with van der Waals surface area (Å²) >= 11 is 1.88. The zero-order valence-electron chi connectivity index (χ0n) is 8.33. The number of nitrogens with one attached hydrogen (secondary N) is 2. The Morgan fingerprint density at radius 1 is 1.47 bits per heavy atom. The van der Waals surface area contributed by atoms with Crippen molar-refractivity contribution in [2.75, 3.05) is 18.6 Å². The Morgan fingerprint density at radius 3 is 2.47 bits per heavy atom. The molecule has 0 heterocycles. The molecule has 0 aliphatic rings. The van der Waals surface area contributed by atoms with E-state index < -0.39 is 9.84 Å². The molecule has 0 fully saturated rings. The van der Waals surface area contributed by atoms with Crippen molar-refractivity contribution < 1.29 is 8.42 Å². The zero-order chi connectivity index (χ0) is 11.6. The molecular weight excluding hydrogens is 327 g/mol. The lowest BCUT2D eigenvalue weighted by Crippen LogP contribution is -2.02. The molecule has 0 spiro atoms. The second kappa shape index (κ2) is 4.48. The fourth-order valence-corrected chi connectivity index (χ4v) is 2.27. The fraction of sp³-hybridized carbons (Fsp3) is 0.222. The molecule has 0 unspecified atom stereocenters. The van der Waals surface area contributed by atoms with Crippen LogP contribution in [0.15, 0.2) is 23.1 Å². The van der Waals surface area contributed by atoms with E-state index in [-0.39, 0.29) is 4.90 Å². The Morgan fingerprint density at radius 2 is 2.07 bits per heavy atom. The van der Waals surface area contributed by atoms with Gasteiger partial charge in [0.2, 0.25) is 0 Å². The molecule has 0 saturated carbocycles. The van der Waals surface area contributed by atoms with Gasteiger partial charge in [-0.05, 0) is 40.8 Å². The third-order valence-corrected chi connectivity index (χ3v) is 3.62. The topological polar surface area (TPSA) is 70.0 Å². The number of benzene rings is 1. The number of halogens is 1. The third kappa shape index (κ3) is 2.91. The van der Waals surface area contributed by atoms with E-state index in [1.165, 1.54) is 12.1 Å². The first-order chi connectivity index (χ1) is 6.86. The van der Waals surface area contributed by atoms with Crippen molar-refractivity contribution in [2.24, 2.45) is 0 Å². The van der Waals surface area contributed by atoms with Crippen LogP contribution in [0.1, 0.15) is 5.56 Å². The highest BCUT2D eigenvalue weighted by molar-refractivity contribution is 14.1. The van der Waals surface area contributed by atoms with Crippen LogP contribution in [0.5, 0.6) is 0 Å². The average Bonchev–Trinajstić information content (AvgIpc) is 2.15. The summed E-state index contributed by atoms with van der Waals surface area (Å²) in [4.78, 5) is 0.258. The van der Waals surface area contributed by atoms with E-state index in [0.29, 0.717) is 15.0 Å². The van der Waals surface area contributed by atoms with Gasteiger partial charge in [-0.1, -0.05) is 0 Å². The van der Waals surface area contributed by atoms with Crippen LogP contribution in [0.25, 0.3) is 0 Å². The normalized spacial score (nSPS) is 11.1. The standard InChI is InChI=1S/C9H11IN2O2S/c1-12-8-5-6(15(2,13)14)3-4-7(8)9(10)11/h3-5,11-12H,1-2H3. The summed E-state index contributed by atoms with van der Waals surface area (Å²) in [6, 6.07) is 4.69. The number of sulfone groups is 1. The summed E-state index contributed by atoms with van der Waals surface area (Å²) in [6.45, 7) is 0. The van der Waals surface area contributed by atoms with Gasteiger partial charge in [-0.2, -0.15) is 0 Å². The Kier molecular flexibility index (Phi) is 3.72. The van der Waals surface area contributed by atoms with E-state index >= 15 is 0 Å². The van der Waals surface area contributed by atoms with Gasteiger partial charge in [0.1, 0.15) is 3.72 Å². The maximum absolute atomic E-state index is 11.3. The monoisotopic (exact) mass is 338 g/mol. The van der Waals surface area contributed by atoms with E-state index in [9.17, 15) is 8.42 Å². The molecule has 82 valence electrons. The second-order valence-corrected chi connectivity index (χ2v) is 6.14. The predicted molar refractivity (Wildman–Crippen MR) is 69.9 cm³/mol. The molecule has 0 aliphatic carbocycles. The maximum Gasteiger partial charge on any atom is 0.175 e. The van der Waals surface area contributed by atoms with Gasteiger partial charge in [-0.15, -0.1) is 0 Å². The van der Waals surface area contributed by atoms with E-state index in [4.69, 9.17) is 5.41 Å². The van der Waals surface area contributed by atoms with Crippen molar-refractivity contribution in [1.29, 1.82) is 5.41 Å². The molecule has 1 aromatic carbocycles. The Bertz CT molecular complexity index is 497. The first-order valence-corrected chi connectivity index (χ1v) is 7.09. The minimum absolute atomic E-state index is 0.258. The SMILES string of the molecule is CNc1cc(S(C)(=O)=O)ccc1C(=N)I. The summed E-state index contributed by atoms with van der Waals surface area (Å²) in [6.07, 6.45) is 1.16. The number of anilines is 1. The van der Waals surface area contributed by atoms with Crippen LogP contribution in [-0.2, 0) is 9.84 Å². The molecule has 0 aromatic heterocycles. The van der Waals surface area contributed by atoms with Gasteiger partial charge < -0.3 is 5.32 Å². The fourth-order valence-electron chi connectivity index (χ4n) is 1.15. The maximum atomic E-state index is 11.3. The van der Waals surface area contributed by atoms with Gasteiger partial charge in [0.15, 0.2) is 9.84 Å². The van der Waals surface area contributed by atoms with Crippen LogP contribution in [0.2, 0.25) is 0 Å². The van der Waals surface area contributed by atoms with Crippen LogP contribution in [0, 0.1) is 5.41 Å². The summed E-state index contributed by atoms with van der Waals surface area (Å²) in [5.74, 6) is 0. The summed E-state index contributed by atoms with van der Waals surface area (Å²) in [5.41, 5.74) is 1.35. The largest absolute Gasteiger partial charge is 0.388 e. The summed E-state index contributed by atoms with van der Waals surface area (Å²) in [5, 5.41) is 10.4. The number of hydrogen-bond acceptors (Lipinski definition) is 4. The Hall–Kier alpha value is -0.630. The predicted octanol–water partition coefficient (Wildman–Crippen LogP) is 1.89. The average molecular weight is 338 g/mol. The quantitative estimate of drug-likeness (QED) is 0.653. The molecule has 6 heteroatoms. The number of hydrogen-bond donors (Lipinski definition) is 2. The lowest BCUT2D eigenvalue weighted by atomic mass is 10.2. The molecular formula is C9H11IN2O2S. The van der Waals surface area contributed by atoms with Crippen LogP contribution in [0.4, 0.5) is 5.69 Å². The van der Waals surface area contributed by atoms with Crippen molar-refractivity contribution in [1.82, 2.24) is 0 Å². The minimum atomic E-state index is -3.19. The first-order valence-electron chi connectivity index (χ1n) is 4.12. The molecule has 15 heavy (non-hydrogen) atoms. The van der Waals surface area contributed by atoms with Crippen molar-refractivity contribution in [2.45, 2.75) is 4.90 Å². The van der Waals surface area contributed by atoms with Crippen LogP contribution >= 0.6 is 22.6 Å². The van der Waals surface area contributed by atoms with Crippen molar-refractivity contribution in [3.8, 4) is 0 Å². The minimum Gasteiger partial charge on any atom is -0.388 e. The Balaban J connectivity index is 3.38. The summed E-state index contributed by atoms with van der Waals surface area (Å²) in [7, 11) is -1.49. The van der Waals surface area contributed by atoms with Gasteiger partial charge in [-0.25, -0.2) is 8.42 Å². The highest BCUT2D eigenvalue weighted by Gasteiger charge is 2.11. The molecule has 0 bridgehead atoms. The molecule has 0 amide bonds. The van der Waals surface area contributed by atoms with E-state index in [1.807, 2.05) is 22.6 Å². The molecule has 1 aromatic rings. The molecule has 0 aliphatic heterocycles. The molecule has 2 N–H and O–H groups in total. The van der Waals surface area contributed by atoms with Gasteiger partial charge in [0, 0.05) is 24.6 Å². The first kappa shape index (κ1) is 12.4. The van der Waals surface area contributed by atoms with E-state index in [1.54, 1.807) is 13.1 Å². The molecule has 1 rings (SSSR count). The van der Waals surface area contributed by atoms with Crippen molar-refractivity contribution in [3.63, 3.8) is 0 Å².